The quantitative estimate of drug-likeness (QED) is 0.0340. The fourth-order valence-corrected chi connectivity index (χ4v) is 10.0. The van der Waals surface area contributed by atoms with Gasteiger partial charge in [-0.1, -0.05) is 58.0 Å². The summed E-state index contributed by atoms with van der Waals surface area (Å²) in [7, 11) is 4.06. The average Bonchev–Trinajstić information content (AvgIpc) is 3.02. The Morgan fingerprint density at radius 2 is 1.28 bits per heavy atom. The van der Waals surface area contributed by atoms with E-state index in [9.17, 15) is 28.8 Å². The zero-order chi connectivity index (χ0) is 64.9. The van der Waals surface area contributed by atoms with Gasteiger partial charge in [-0.05, 0) is 142 Å². The molecule has 4 aromatic rings. The molecule has 0 radical (unpaired) electrons. The second-order valence-corrected chi connectivity index (χ2v) is 26.2. The van der Waals surface area contributed by atoms with Crippen LogP contribution in [0.5, 0.6) is 17.2 Å². The van der Waals surface area contributed by atoms with Crippen molar-refractivity contribution in [2.24, 2.45) is 11.8 Å². The third-order valence-corrected chi connectivity index (χ3v) is 14.1. The van der Waals surface area contributed by atoms with E-state index in [4.69, 9.17) is 43.1 Å². The van der Waals surface area contributed by atoms with E-state index >= 15 is 9.59 Å². The second-order valence-electron chi connectivity index (χ2n) is 26.2. The molecular formula is C67H91N5O15. The summed E-state index contributed by atoms with van der Waals surface area (Å²) in [5, 5.41) is 5.49. The Morgan fingerprint density at radius 1 is 0.713 bits per heavy atom. The summed E-state index contributed by atoms with van der Waals surface area (Å²) in [5.74, 6) is -5.07. The van der Waals surface area contributed by atoms with Gasteiger partial charge in [0.25, 0.3) is 0 Å². The van der Waals surface area contributed by atoms with Crippen molar-refractivity contribution in [3.63, 3.8) is 0 Å². The number of nitrogens with zero attached hydrogens (tertiary/aromatic N) is 3. The summed E-state index contributed by atoms with van der Waals surface area (Å²) in [6.07, 6.45) is -1.16. The van der Waals surface area contributed by atoms with Gasteiger partial charge in [0.15, 0.2) is 28.9 Å². The topological polar surface area (TPSA) is 254 Å². The molecule has 4 atom stereocenters. The van der Waals surface area contributed by atoms with Crippen LogP contribution in [0.1, 0.15) is 179 Å². The Hall–Kier alpha value is -7.90. The van der Waals surface area contributed by atoms with Gasteiger partial charge in [0, 0.05) is 74.2 Å². The van der Waals surface area contributed by atoms with E-state index in [-0.39, 0.29) is 98.5 Å². The molecule has 4 bridgehead atoms. The largest absolute Gasteiger partial charge is 0.493 e. The Bertz CT molecular complexity index is 3120. The molecule has 1 aromatic heterocycles. The monoisotopic (exact) mass is 1210 g/mol. The molecule has 0 spiro atoms. The first-order valence-electron chi connectivity index (χ1n) is 29.7. The van der Waals surface area contributed by atoms with Crippen LogP contribution in [0.4, 0.5) is 4.79 Å². The van der Waals surface area contributed by atoms with Crippen LogP contribution in [-0.2, 0) is 59.6 Å². The molecule has 2 heterocycles. The van der Waals surface area contributed by atoms with E-state index in [1.807, 2.05) is 24.3 Å². The second kappa shape index (κ2) is 29.7. The Labute approximate surface area is 512 Å². The summed E-state index contributed by atoms with van der Waals surface area (Å²) < 4.78 is 40.7. The number of hydrogen-bond acceptors (Lipinski definition) is 17. The van der Waals surface area contributed by atoms with Gasteiger partial charge < -0.3 is 48.7 Å². The van der Waals surface area contributed by atoms with Gasteiger partial charge in [-0.15, -0.1) is 0 Å². The number of carbonyl (C=O) groups excluding carboxylic acids is 8. The molecule has 3 amide bonds. The number of aryl methyl sites for hydroxylation is 2. The van der Waals surface area contributed by atoms with Crippen molar-refractivity contribution < 1.29 is 71.5 Å². The van der Waals surface area contributed by atoms with E-state index in [1.165, 1.54) is 33.1 Å². The van der Waals surface area contributed by atoms with E-state index in [2.05, 4.69) is 31.4 Å². The Morgan fingerprint density at radius 3 is 1.80 bits per heavy atom. The normalized spacial score (nSPS) is 16.0. The SMILES string of the molecule is COC(=O)[C@@H]1Cc2cc(OCCCC(=O)OC(C)(C)C)c(OC)c(c2)-c2cc(ccc2OCCCC(=O)OC(C)(C)C)[C@H](N(C)C(=O)[C@H](CCNC(=O)OC(C)(C)C)CC(=O)c2c(C)nc(-c3ccc(C(C)(C)C)cc3)nc2C)C(=O)C[C@@H](C)C(=O)N1. The van der Waals surface area contributed by atoms with Gasteiger partial charge >= 0.3 is 24.0 Å². The first-order chi connectivity index (χ1) is 40.5. The van der Waals surface area contributed by atoms with Crippen LogP contribution in [-0.4, -0.2) is 126 Å². The lowest BCUT2D eigenvalue weighted by molar-refractivity contribution is -0.156. The minimum absolute atomic E-state index is 0.0192. The molecular weight excluding hydrogens is 1110 g/mol. The van der Waals surface area contributed by atoms with Crippen molar-refractivity contribution in [2.75, 3.05) is 41.0 Å². The molecule has 474 valence electrons. The Balaban J connectivity index is 1.68. The number of fused-ring (bicyclic) bond motifs is 5. The van der Waals surface area contributed by atoms with Gasteiger partial charge in [-0.25, -0.2) is 19.6 Å². The van der Waals surface area contributed by atoms with E-state index < -0.39 is 94.5 Å². The van der Waals surface area contributed by atoms with E-state index in [0.29, 0.717) is 33.9 Å². The number of alkyl carbamates (subject to hydrolysis) is 1. The third-order valence-electron chi connectivity index (χ3n) is 14.1. The first-order valence-corrected chi connectivity index (χ1v) is 29.7. The summed E-state index contributed by atoms with van der Waals surface area (Å²) >= 11 is 0. The maximum atomic E-state index is 15.5. The van der Waals surface area contributed by atoms with E-state index in [0.717, 1.165) is 11.1 Å². The van der Waals surface area contributed by atoms with Gasteiger partial charge in [0.2, 0.25) is 11.8 Å². The molecule has 20 heteroatoms. The molecule has 0 saturated carbocycles. The van der Waals surface area contributed by atoms with Crippen LogP contribution in [0, 0.1) is 25.7 Å². The lowest BCUT2D eigenvalue weighted by atomic mass is 9.86. The average molecular weight is 1210 g/mol. The zero-order valence-corrected chi connectivity index (χ0v) is 54.2. The molecule has 1 aliphatic rings. The number of nitrogens with one attached hydrogen (secondary N) is 2. The van der Waals surface area contributed by atoms with Crippen LogP contribution in [0.15, 0.2) is 54.6 Å². The molecule has 0 aliphatic carbocycles. The van der Waals surface area contributed by atoms with E-state index in [1.54, 1.807) is 106 Å². The number of benzene rings is 3. The first kappa shape index (κ1) is 69.9. The molecule has 0 unspecified atom stereocenters. The lowest BCUT2D eigenvalue weighted by Crippen LogP contribution is -2.46. The number of methoxy groups -OCH3 is 2. The molecule has 0 fully saturated rings. The minimum Gasteiger partial charge on any atom is -0.493 e. The van der Waals surface area contributed by atoms with Gasteiger partial charge in [-0.3, -0.25) is 28.8 Å². The standard InChI is InChI=1S/C67H91N5O15/c1-39-33-51(74)57(72(16)61(78)45(29-30-68-63(80)87-67(13,14)15)38-50(73)56-40(2)69-59(70-41(56)3)43-23-26-46(27-24-43)64(4,5)6)44-25-28-52(83-31-19-21-54(75)85-65(7,8)9)47(37-44)48-34-42(35-49(62(79)82-18)71-60(39)77)36-53(58(48)81-17)84-32-20-22-55(76)86-66(10,11)12/h23-28,34,36-37,39,45,49,57H,19-22,29-33,35,38H2,1-18H3,(H,68,80)(H,71,77)/t39-,45-,49+,57+/m1/s1. The highest BCUT2D eigenvalue weighted by atomic mass is 16.6. The highest BCUT2D eigenvalue weighted by Crippen LogP contribution is 2.45. The van der Waals surface area contributed by atoms with Crippen molar-refractivity contribution in [3.8, 4) is 39.8 Å². The molecule has 3 aromatic carbocycles. The third kappa shape index (κ3) is 20.6. The highest BCUT2D eigenvalue weighted by molar-refractivity contribution is 6.01. The van der Waals surface area contributed by atoms with Crippen molar-refractivity contribution in [2.45, 2.75) is 190 Å². The van der Waals surface area contributed by atoms with Gasteiger partial charge in [0.05, 0.1) is 44.4 Å². The molecule has 20 nitrogen and oxygen atoms in total. The minimum atomic E-state index is -1.43. The maximum Gasteiger partial charge on any atom is 0.407 e. The summed E-state index contributed by atoms with van der Waals surface area (Å²) in [6, 6.07) is 13.5. The number of carbonyl (C=O) groups is 8. The van der Waals surface area contributed by atoms with Crippen molar-refractivity contribution in [1.82, 2.24) is 25.5 Å². The summed E-state index contributed by atoms with van der Waals surface area (Å²) in [4.78, 5) is 123. The maximum absolute atomic E-state index is 15.5. The van der Waals surface area contributed by atoms with Gasteiger partial charge in [0.1, 0.15) is 34.6 Å². The summed E-state index contributed by atoms with van der Waals surface area (Å²) in [6.45, 7) is 27.0. The molecule has 2 N–H and O–H groups in total. The number of likely N-dealkylation sites (N-methyl/N-ethyl adjacent to an activating group) is 1. The van der Waals surface area contributed by atoms with Crippen LogP contribution in [0.2, 0.25) is 0 Å². The number of aromatic nitrogens is 2. The number of ketones is 2. The molecule has 1 aliphatic heterocycles. The number of ether oxygens (including phenoxy) is 7. The van der Waals surface area contributed by atoms with Crippen molar-refractivity contribution in [1.29, 1.82) is 0 Å². The molecule has 0 saturated heterocycles. The van der Waals surface area contributed by atoms with Crippen LogP contribution in [0.25, 0.3) is 22.5 Å². The fraction of sp³-hybridized carbons (Fsp3) is 0.552. The zero-order valence-electron chi connectivity index (χ0n) is 54.2. The van der Waals surface area contributed by atoms with Gasteiger partial charge in [-0.2, -0.15) is 0 Å². The summed E-state index contributed by atoms with van der Waals surface area (Å²) in [5.41, 5.74) is 2.01. The number of hydrogen-bond donors (Lipinski definition) is 2. The smallest absolute Gasteiger partial charge is 0.407 e. The molecule has 87 heavy (non-hydrogen) atoms. The predicted octanol–water partition coefficient (Wildman–Crippen LogP) is 10.8. The van der Waals surface area contributed by atoms with Crippen LogP contribution >= 0.6 is 0 Å². The number of amides is 3. The Kier molecular flexibility index (Phi) is 23.8. The number of Topliss-reactive ketones (excluding diaryl/α,β-unsaturated/α-hetero) is 2. The fourth-order valence-electron chi connectivity index (χ4n) is 10.0. The lowest BCUT2D eigenvalue weighted by Gasteiger charge is -2.32. The van der Waals surface area contributed by atoms with Crippen molar-refractivity contribution >= 4 is 47.4 Å². The van der Waals surface area contributed by atoms with Crippen molar-refractivity contribution in [3.05, 3.63) is 88.2 Å². The predicted molar refractivity (Wildman–Crippen MR) is 328 cm³/mol. The number of rotatable bonds is 21. The highest BCUT2D eigenvalue weighted by Gasteiger charge is 2.38. The molecule has 5 rings (SSSR count). The van der Waals surface area contributed by atoms with Crippen LogP contribution in [0.3, 0.4) is 0 Å². The number of esters is 3. The van der Waals surface area contributed by atoms with Crippen LogP contribution < -0.4 is 24.8 Å².